The summed E-state index contributed by atoms with van der Waals surface area (Å²) in [5.41, 5.74) is 1.86. The molecular formula is C15H21NOS. The number of benzene rings is 1. The lowest BCUT2D eigenvalue weighted by Crippen LogP contribution is -2.13. The van der Waals surface area contributed by atoms with E-state index in [1.807, 2.05) is 36.0 Å². The Kier molecular flexibility index (Phi) is 4.33. The third-order valence-corrected chi connectivity index (χ3v) is 4.78. The zero-order valence-electron chi connectivity index (χ0n) is 11.4. The number of nitrogens with zero attached hydrogens (tertiary/aromatic N) is 1. The Bertz CT molecular complexity index is 471. The summed E-state index contributed by atoms with van der Waals surface area (Å²) in [5, 5.41) is 0. The van der Waals surface area contributed by atoms with Crippen molar-refractivity contribution in [3.05, 3.63) is 30.2 Å². The average molecular weight is 263 g/mol. The standard InChI is InChI=1S/C15H21NOS/c1-4-15(2,3)18-11-7-10-14-16-12-8-5-6-9-13(12)17-14/h5-6,8-9H,4,7,10-11H2,1-3H3. The fourth-order valence-electron chi connectivity index (χ4n) is 1.70. The van der Waals surface area contributed by atoms with Gasteiger partial charge in [0, 0.05) is 11.2 Å². The van der Waals surface area contributed by atoms with E-state index in [2.05, 4.69) is 25.8 Å². The number of para-hydroxylation sites is 2. The number of thioether (sulfide) groups is 1. The molecule has 0 radical (unpaired) electrons. The van der Waals surface area contributed by atoms with E-state index in [1.165, 1.54) is 12.2 Å². The lowest BCUT2D eigenvalue weighted by Gasteiger charge is -2.21. The molecule has 0 bridgehead atoms. The summed E-state index contributed by atoms with van der Waals surface area (Å²) in [6.45, 7) is 6.85. The summed E-state index contributed by atoms with van der Waals surface area (Å²) in [4.78, 5) is 4.49. The Hall–Kier alpha value is -0.960. The molecule has 2 nitrogen and oxygen atoms in total. The largest absolute Gasteiger partial charge is 0.441 e. The number of fused-ring (bicyclic) bond motifs is 1. The second-order valence-corrected chi connectivity index (χ2v) is 6.94. The normalized spacial score (nSPS) is 12.2. The lowest BCUT2D eigenvalue weighted by molar-refractivity contribution is 0.526. The molecule has 0 fully saturated rings. The summed E-state index contributed by atoms with van der Waals surface area (Å²) >= 11 is 2.04. The molecule has 2 aromatic rings. The van der Waals surface area contributed by atoms with E-state index in [9.17, 15) is 0 Å². The van der Waals surface area contributed by atoms with Gasteiger partial charge < -0.3 is 4.42 Å². The van der Waals surface area contributed by atoms with Crippen LogP contribution < -0.4 is 0 Å². The van der Waals surface area contributed by atoms with Gasteiger partial charge in [0.2, 0.25) is 0 Å². The first-order valence-electron chi connectivity index (χ1n) is 6.59. The number of aryl methyl sites for hydroxylation is 1. The van der Waals surface area contributed by atoms with Gasteiger partial charge in [0.15, 0.2) is 11.5 Å². The quantitative estimate of drug-likeness (QED) is 0.708. The van der Waals surface area contributed by atoms with Crippen LogP contribution in [0.15, 0.2) is 28.7 Å². The third kappa shape index (κ3) is 3.52. The molecule has 0 saturated heterocycles. The van der Waals surface area contributed by atoms with Crippen LogP contribution in [0.25, 0.3) is 11.1 Å². The first-order chi connectivity index (χ1) is 8.61. The number of rotatable bonds is 6. The van der Waals surface area contributed by atoms with Gasteiger partial charge in [0.25, 0.3) is 0 Å². The van der Waals surface area contributed by atoms with Crippen molar-refractivity contribution in [2.45, 2.75) is 44.8 Å². The minimum atomic E-state index is 0.390. The molecule has 0 saturated carbocycles. The predicted molar refractivity (Wildman–Crippen MR) is 79.2 cm³/mol. The van der Waals surface area contributed by atoms with Gasteiger partial charge >= 0.3 is 0 Å². The van der Waals surface area contributed by atoms with Gasteiger partial charge in [-0.05, 0) is 30.7 Å². The van der Waals surface area contributed by atoms with Crippen LogP contribution in [0.2, 0.25) is 0 Å². The van der Waals surface area contributed by atoms with Crippen molar-refractivity contribution >= 4 is 22.9 Å². The molecule has 0 aliphatic carbocycles. The molecular weight excluding hydrogens is 242 g/mol. The van der Waals surface area contributed by atoms with Gasteiger partial charge in [-0.15, -0.1) is 0 Å². The van der Waals surface area contributed by atoms with Crippen LogP contribution in [0.1, 0.15) is 39.5 Å². The Balaban J connectivity index is 1.83. The zero-order valence-corrected chi connectivity index (χ0v) is 12.2. The SMILES string of the molecule is CCC(C)(C)SCCCc1nc2ccccc2o1. The fourth-order valence-corrected chi connectivity index (χ4v) is 2.75. The molecule has 0 aliphatic rings. The van der Waals surface area contributed by atoms with Crippen LogP contribution in [0.5, 0.6) is 0 Å². The third-order valence-electron chi connectivity index (χ3n) is 3.22. The Labute approximate surface area is 113 Å². The summed E-state index contributed by atoms with van der Waals surface area (Å²) in [5.74, 6) is 2.03. The van der Waals surface area contributed by atoms with Crippen molar-refractivity contribution in [1.29, 1.82) is 0 Å². The van der Waals surface area contributed by atoms with Crippen LogP contribution in [0.3, 0.4) is 0 Å². The minimum Gasteiger partial charge on any atom is -0.441 e. The first kappa shape index (κ1) is 13.5. The highest BCUT2D eigenvalue weighted by atomic mass is 32.2. The van der Waals surface area contributed by atoms with Gasteiger partial charge in [0.1, 0.15) is 5.52 Å². The highest BCUT2D eigenvalue weighted by Crippen LogP contribution is 2.28. The molecule has 3 heteroatoms. The zero-order chi connectivity index (χ0) is 13.0. The minimum absolute atomic E-state index is 0.390. The van der Waals surface area contributed by atoms with E-state index in [-0.39, 0.29) is 0 Å². The Morgan fingerprint density at radius 3 is 2.78 bits per heavy atom. The van der Waals surface area contributed by atoms with Crippen molar-refractivity contribution < 1.29 is 4.42 Å². The van der Waals surface area contributed by atoms with E-state index in [4.69, 9.17) is 4.42 Å². The summed E-state index contributed by atoms with van der Waals surface area (Å²) in [6.07, 6.45) is 3.27. The monoisotopic (exact) mass is 263 g/mol. The molecule has 98 valence electrons. The molecule has 0 atom stereocenters. The molecule has 18 heavy (non-hydrogen) atoms. The van der Waals surface area contributed by atoms with Gasteiger partial charge in [-0.25, -0.2) is 4.98 Å². The summed E-state index contributed by atoms with van der Waals surface area (Å²) in [6, 6.07) is 7.95. The molecule has 1 aromatic heterocycles. The number of hydrogen-bond donors (Lipinski definition) is 0. The van der Waals surface area contributed by atoms with Crippen molar-refractivity contribution in [3.8, 4) is 0 Å². The fraction of sp³-hybridized carbons (Fsp3) is 0.533. The molecule has 0 N–H and O–H groups in total. The van der Waals surface area contributed by atoms with Crippen molar-refractivity contribution in [2.24, 2.45) is 0 Å². The topological polar surface area (TPSA) is 26.0 Å². The highest BCUT2D eigenvalue weighted by Gasteiger charge is 2.14. The summed E-state index contributed by atoms with van der Waals surface area (Å²) in [7, 11) is 0. The number of aromatic nitrogens is 1. The van der Waals surface area contributed by atoms with Crippen LogP contribution in [0, 0.1) is 0 Å². The Morgan fingerprint density at radius 2 is 2.06 bits per heavy atom. The molecule has 0 spiro atoms. The second kappa shape index (κ2) is 5.79. The van der Waals surface area contributed by atoms with Gasteiger partial charge in [0.05, 0.1) is 0 Å². The molecule has 2 rings (SSSR count). The van der Waals surface area contributed by atoms with E-state index < -0.39 is 0 Å². The average Bonchev–Trinajstić information content (AvgIpc) is 2.77. The smallest absolute Gasteiger partial charge is 0.195 e. The van der Waals surface area contributed by atoms with Gasteiger partial charge in [-0.3, -0.25) is 0 Å². The first-order valence-corrected chi connectivity index (χ1v) is 7.58. The van der Waals surface area contributed by atoms with E-state index in [0.29, 0.717) is 4.75 Å². The summed E-state index contributed by atoms with van der Waals surface area (Å²) < 4.78 is 6.10. The number of hydrogen-bond acceptors (Lipinski definition) is 3. The number of oxazole rings is 1. The van der Waals surface area contributed by atoms with Gasteiger partial charge in [-0.2, -0.15) is 11.8 Å². The van der Waals surface area contributed by atoms with Crippen molar-refractivity contribution in [2.75, 3.05) is 5.75 Å². The molecule has 0 aliphatic heterocycles. The van der Waals surface area contributed by atoms with E-state index in [1.54, 1.807) is 0 Å². The Morgan fingerprint density at radius 1 is 1.28 bits per heavy atom. The molecule has 1 aromatic carbocycles. The van der Waals surface area contributed by atoms with Crippen LogP contribution in [-0.4, -0.2) is 15.5 Å². The predicted octanol–water partition coefficient (Wildman–Crippen LogP) is 4.68. The molecule has 0 unspecified atom stereocenters. The molecule has 1 heterocycles. The van der Waals surface area contributed by atoms with Gasteiger partial charge in [-0.1, -0.05) is 32.9 Å². The van der Waals surface area contributed by atoms with E-state index >= 15 is 0 Å². The lowest BCUT2D eigenvalue weighted by atomic mass is 10.1. The highest BCUT2D eigenvalue weighted by molar-refractivity contribution is 8.00. The van der Waals surface area contributed by atoms with E-state index in [0.717, 1.165) is 29.8 Å². The van der Waals surface area contributed by atoms with Crippen LogP contribution >= 0.6 is 11.8 Å². The van der Waals surface area contributed by atoms with Crippen LogP contribution in [-0.2, 0) is 6.42 Å². The maximum atomic E-state index is 5.71. The van der Waals surface area contributed by atoms with Crippen molar-refractivity contribution in [3.63, 3.8) is 0 Å². The second-order valence-electron chi connectivity index (χ2n) is 5.14. The maximum absolute atomic E-state index is 5.71. The maximum Gasteiger partial charge on any atom is 0.195 e. The molecule has 0 amide bonds. The van der Waals surface area contributed by atoms with Crippen molar-refractivity contribution in [1.82, 2.24) is 4.98 Å². The van der Waals surface area contributed by atoms with Crippen LogP contribution in [0.4, 0.5) is 0 Å².